The molecule has 0 aromatic carbocycles. The van der Waals surface area contributed by atoms with Gasteiger partial charge >= 0.3 is 5.69 Å². The second kappa shape index (κ2) is 5.28. The van der Waals surface area contributed by atoms with E-state index in [0.29, 0.717) is 37.7 Å². The van der Waals surface area contributed by atoms with Gasteiger partial charge in [0.1, 0.15) is 5.82 Å². The van der Waals surface area contributed by atoms with Crippen molar-refractivity contribution in [2.75, 3.05) is 13.1 Å². The van der Waals surface area contributed by atoms with Crippen molar-refractivity contribution in [3.8, 4) is 0 Å². The summed E-state index contributed by atoms with van der Waals surface area (Å²) in [5.74, 6) is 0.941. The average molecular weight is 273 g/mol. The standard InChI is InChI=1S/C13H15N5O2/c19-12(5-4-11-15-13(20)17-16-11)18-7-9(8-18)10-3-1-2-6-14-10/h1-3,6,9H,4-5,7-8H2,(H2,15,16,17,20). The van der Waals surface area contributed by atoms with Gasteiger partial charge in [-0.05, 0) is 12.1 Å². The molecule has 1 saturated heterocycles. The minimum absolute atomic E-state index is 0.0843. The molecular formula is C13H15N5O2. The zero-order valence-corrected chi connectivity index (χ0v) is 10.9. The maximum absolute atomic E-state index is 12.0. The first-order valence-electron chi connectivity index (χ1n) is 6.54. The third kappa shape index (κ3) is 2.61. The van der Waals surface area contributed by atoms with Crippen LogP contribution in [0.1, 0.15) is 23.9 Å². The van der Waals surface area contributed by atoms with Crippen LogP contribution >= 0.6 is 0 Å². The molecule has 0 spiro atoms. The van der Waals surface area contributed by atoms with Crippen LogP contribution in [-0.2, 0) is 11.2 Å². The molecule has 1 aliphatic rings. The van der Waals surface area contributed by atoms with Gasteiger partial charge in [0.05, 0.1) is 0 Å². The molecule has 3 rings (SSSR count). The van der Waals surface area contributed by atoms with E-state index < -0.39 is 0 Å². The van der Waals surface area contributed by atoms with Crippen LogP contribution in [0.15, 0.2) is 29.2 Å². The number of aromatic nitrogens is 4. The van der Waals surface area contributed by atoms with Gasteiger partial charge in [0, 0.05) is 43.7 Å². The molecule has 104 valence electrons. The summed E-state index contributed by atoms with van der Waals surface area (Å²) in [6, 6.07) is 5.83. The molecule has 1 amide bonds. The minimum Gasteiger partial charge on any atom is -0.341 e. The van der Waals surface area contributed by atoms with E-state index >= 15 is 0 Å². The molecule has 20 heavy (non-hydrogen) atoms. The molecule has 1 fully saturated rings. The van der Waals surface area contributed by atoms with E-state index in [-0.39, 0.29) is 11.6 Å². The number of hydrogen-bond acceptors (Lipinski definition) is 4. The van der Waals surface area contributed by atoms with E-state index in [4.69, 9.17) is 0 Å². The van der Waals surface area contributed by atoms with Gasteiger partial charge in [0.15, 0.2) is 0 Å². The normalized spacial score (nSPS) is 15.1. The summed E-state index contributed by atoms with van der Waals surface area (Å²) in [7, 11) is 0. The first-order valence-corrected chi connectivity index (χ1v) is 6.54. The number of amides is 1. The van der Waals surface area contributed by atoms with Crippen molar-refractivity contribution in [3.05, 3.63) is 46.4 Å². The number of likely N-dealkylation sites (tertiary alicyclic amines) is 1. The fraction of sp³-hybridized carbons (Fsp3) is 0.385. The quantitative estimate of drug-likeness (QED) is 0.823. The van der Waals surface area contributed by atoms with E-state index in [1.807, 2.05) is 23.1 Å². The van der Waals surface area contributed by atoms with Crippen LogP contribution in [-0.4, -0.2) is 44.1 Å². The van der Waals surface area contributed by atoms with Crippen LogP contribution < -0.4 is 5.69 Å². The molecule has 0 atom stereocenters. The third-order valence-corrected chi connectivity index (χ3v) is 3.47. The first-order chi connectivity index (χ1) is 9.72. The molecule has 1 aliphatic heterocycles. The fourth-order valence-electron chi connectivity index (χ4n) is 2.29. The van der Waals surface area contributed by atoms with Gasteiger partial charge in [-0.25, -0.2) is 9.89 Å². The van der Waals surface area contributed by atoms with Crippen molar-refractivity contribution in [2.24, 2.45) is 0 Å². The molecule has 2 N–H and O–H groups in total. The maximum atomic E-state index is 12.0. The van der Waals surface area contributed by atoms with Gasteiger partial charge in [-0.1, -0.05) is 6.07 Å². The Bertz CT molecular complexity index is 642. The molecule has 0 unspecified atom stereocenters. The predicted molar refractivity (Wildman–Crippen MR) is 71.1 cm³/mol. The highest BCUT2D eigenvalue weighted by Crippen LogP contribution is 2.25. The second-order valence-corrected chi connectivity index (χ2v) is 4.87. The van der Waals surface area contributed by atoms with E-state index in [1.54, 1.807) is 6.20 Å². The highest BCUT2D eigenvalue weighted by atomic mass is 16.2. The number of hydrogen-bond donors (Lipinski definition) is 2. The second-order valence-electron chi connectivity index (χ2n) is 4.87. The molecule has 0 aliphatic carbocycles. The zero-order valence-electron chi connectivity index (χ0n) is 10.9. The van der Waals surface area contributed by atoms with Crippen molar-refractivity contribution in [2.45, 2.75) is 18.8 Å². The van der Waals surface area contributed by atoms with Crippen LogP contribution in [0.3, 0.4) is 0 Å². The number of aryl methyl sites for hydroxylation is 1. The molecule has 0 bridgehead atoms. The summed E-state index contributed by atoms with van der Waals surface area (Å²) >= 11 is 0. The number of carbonyl (C=O) groups is 1. The van der Waals surface area contributed by atoms with Crippen molar-refractivity contribution in [3.63, 3.8) is 0 Å². The van der Waals surface area contributed by atoms with Crippen molar-refractivity contribution >= 4 is 5.91 Å². The highest BCUT2D eigenvalue weighted by Gasteiger charge is 2.32. The average Bonchev–Trinajstić information content (AvgIpc) is 2.82. The minimum atomic E-state index is -0.341. The number of H-pyrrole nitrogens is 2. The molecule has 2 aromatic rings. The summed E-state index contributed by atoms with van der Waals surface area (Å²) in [5, 5.41) is 6.06. The Labute approximate surface area is 115 Å². The van der Waals surface area contributed by atoms with Gasteiger partial charge in [-0.2, -0.15) is 5.10 Å². The van der Waals surface area contributed by atoms with E-state index in [1.165, 1.54) is 0 Å². The van der Waals surface area contributed by atoms with Gasteiger partial charge in [-0.3, -0.25) is 14.8 Å². The Morgan fingerprint density at radius 3 is 2.90 bits per heavy atom. The molecule has 0 saturated carbocycles. The summed E-state index contributed by atoms with van der Waals surface area (Å²) < 4.78 is 0. The number of nitrogens with zero attached hydrogens (tertiary/aromatic N) is 3. The lowest BCUT2D eigenvalue weighted by Gasteiger charge is -2.39. The van der Waals surface area contributed by atoms with Crippen molar-refractivity contribution < 1.29 is 4.79 Å². The summed E-state index contributed by atoms with van der Waals surface area (Å²) in [5.41, 5.74) is 0.694. The van der Waals surface area contributed by atoms with Gasteiger partial charge < -0.3 is 4.90 Å². The number of aromatic amines is 2. The van der Waals surface area contributed by atoms with Crippen LogP contribution in [0.25, 0.3) is 0 Å². The molecule has 7 nitrogen and oxygen atoms in total. The first kappa shape index (κ1) is 12.6. The number of nitrogens with one attached hydrogen (secondary N) is 2. The van der Waals surface area contributed by atoms with Crippen LogP contribution in [0, 0.1) is 0 Å². The monoisotopic (exact) mass is 273 g/mol. The largest absolute Gasteiger partial charge is 0.341 e. The van der Waals surface area contributed by atoms with Gasteiger partial charge in [0.2, 0.25) is 5.91 Å². The van der Waals surface area contributed by atoms with Crippen LogP contribution in [0.2, 0.25) is 0 Å². The summed E-state index contributed by atoms with van der Waals surface area (Å²) in [4.78, 5) is 31.5. The Kier molecular flexibility index (Phi) is 3.32. The van der Waals surface area contributed by atoms with Crippen molar-refractivity contribution in [1.29, 1.82) is 0 Å². The van der Waals surface area contributed by atoms with Gasteiger partial charge in [-0.15, -0.1) is 0 Å². The number of rotatable bonds is 4. The predicted octanol–water partition coefficient (Wildman–Crippen LogP) is 0.0516. The summed E-state index contributed by atoms with van der Waals surface area (Å²) in [6.07, 6.45) is 2.58. The Hall–Kier alpha value is -2.44. The number of pyridine rings is 1. The third-order valence-electron chi connectivity index (χ3n) is 3.47. The number of carbonyl (C=O) groups excluding carboxylic acids is 1. The Morgan fingerprint density at radius 1 is 1.40 bits per heavy atom. The smallest absolute Gasteiger partial charge is 0.340 e. The van der Waals surface area contributed by atoms with Gasteiger partial charge in [0.25, 0.3) is 0 Å². The molecule has 2 aromatic heterocycles. The zero-order chi connectivity index (χ0) is 13.9. The summed E-state index contributed by atoms with van der Waals surface area (Å²) in [6.45, 7) is 1.43. The molecule has 7 heteroatoms. The molecule has 3 heterocycles. The lowest BCUT2D eigenvalue weighted by atomic mass is 9.95. The maximum Gasteiger partial charge on any atom is 0.340 e. The van der Waals surface area contributed by atoms with Crippen LogP contribution in [0.4, 0.5) is 0 Å². The molecular weight excluding hydrogens is 258 g/mol. The fourth-order valence-corrected chi connectivity index (χ4v) is 2.29. The highest BCUT2D eigenvalue weighted by molar-refractivity contribution is 5.77. The van der Waals surface area contributed by atoms with E-state index in [9.17, 15) is 9.59 Å². The Morgan fingerprint density at radius 2 is 2.25 bits per heavy atom. The lowest BCUT2D eigenvalue weighted by Crippen LogP contribution is -2.48. The Balaban J connectivity index is 1.47. The SMILES string of the molecule is O=C(CCc1n[nH]c(=O)[nH]1)N1CC(c2ccccn2)C1. The lowest BCUT2D eigenvalue weighted by molar-refractivity contribution is -0.135. The topological polar surface area (TPSA) is 94.7 Å². The van der Waals surface area contributed by atoms with E-state index in [0.717, 1.165) is 5.69 Å². The van der Waals surface area contributed by atoms with Crippen LogP contribution in [0.5, 0.6) is 0 Å². The van der Waals surface area contributed by atoms with E-state index in [2.05, 4.69) is 20.2 Å². The van der Waals surface area contributed by atoms with Crippen molar-refractivity contribution in [1.82, 2.24) is 25.1 Å². The molecule has 0 radical (unpaired) electrons.